The van der Waals surface area contributed by atoms with Gasteiger partial charge in [0.25, 0.3) is 0 Å². The predicted molar refractivity (Wildman–Crippen MR) is 50.3 cm³/mol. The molecule has 2 nitrogen and oxygen atoms in total. The van der Waals surface area contributed by atoms with Crippen LogP contribution in [-0.2, 0) is 0 Å². The molecule has 0 aliphatic heterocycles. The van der Waals surface area contributed by atoms with Gasteiger partial charge in [-0.2, -0.15) is 0 Å². The zero-order valence-corrected chi connectivity index (χ0v) is 9.85. The first-order valence-corrected chi connectivity index (χ1v) is 5.30. The third-order valence-electron chi connectivity index (χ3n) is 1.57. The van der Waals surface area contributed by atoms with Crippen LogP contribution in [-0.4, -0.2) is 43.7 Å². The summed E-state index contributed by atoms with van der Waals surface area (Å²) in [6.45, 7) is 0. The van der Waals surface area contributed by atoms with E-state index in [1.54, 1.807) is 0 Å². The second-order valence-electron chi connectivity index (χ2n) is 2.36. The Morgan fingerprint density at radius 1 is 1.00 bits per heavy atom. The molecule has 0 atom stereocenters. The summed E-state index contributed by atoms with van der Waals surface area (Å²) < 4.78 is 1.74. The van der Waals surface area contributed by atoms with Crippen LogP contribution in [0.5, 0.6) is 0 Å². The molecule has 0 aliphatic carbocycles. The second kappa shape index (κ2) is 3.20. The summed E-state index contributed by atoms with van der Waals surface area (Å²) in [6.07, 6.45) is 0. The molecule has 0 aliphatic rings. The molecule has 56 valence electrons. The Morgan fingerprint density at radius 2 is 1.75 bits per heavy atom. The first-order valence-electron chi connectivity index (χ1n) is 3.42. The second-order valence-corrected chi connectivity index (χ2v) is 4.09. The van der Waals surface area contributed by atoms with E-state index in [1.807, 2.05) is 24.3 Å². The Labute approximate surface area is 87.8 Å². The molecule has 4 radical (unpaired) electrons. The van der Waals surface area contributed by atoms with Crippen molar-refractivity contribution in [3.63, 3.8) is 0 Å². The van der Waals surface area contributed by atoms with E-state index in [9.17, 15) is 0 Å². The van der Waals surface area contributed by atoms with Gasteiger partial charge >= 0.3 is 87.9 Å². The summed E-state index contributed by atoms with van der Waals surface area (Å²) in [5.74, 6) is 0. The minimum absolute atomic E-state index is 0.761. The van der Waals surface area contributed by atoms with Crippen LogP contribution in [0.1, 0.15) is 0 Å². The van der Waals surface area contributed by atoms with Crippen molar-refractivity contribution in [2.75, 3.05) is 0 Å². The van der Waals surface area contributed by atoms with E-state index < -0.39 is 0 Å². The zero-order chi connectivity index (χ0) is 8.55. The van der Waals surface area contributed by atoms with Gasteiger partial charge in [0, 0.05) is 0 Å². The van der Waals surface area contributed by atoms with Gasteiger partial charge in [-0.05, 0) is 0 Å². The van der Waals surface area contributed by atoms with Crippen LogP contribution in [0.2, 0.25) is 0 Å². The number of nitrogens with zero attached hydrogens (tertiary/aromatic N) is 2. The fourth-order valence-corrected chi connectivity index (χ4v) is 2.45. The third-order valence-corrected chi connectivity index (χ3v) is 2.71. The van der Waals surface area contributed by atoms with Gasteiger partial charge in [0.05, 0.1) is 0 Å². The van der Waals surface area contributed by atoms with Crippen LogP contribution in [0.25, 0.3) is 10.9 Å². The molecule has 0 unspecified atom stereocenters. The molecule has 0 amide bonds. The number of rotatable bonds is 0. The van der Waals surface area contributed by atoms with Gasteiger partial charge in [-0.25, -0.2) is 0 Å². The van der Waals surface area contributed by atoms with Crippen molar-refractivity contribution in [1.82, 2.24) is 9.97 Å². The molecule has 1 heterocycles. The standard InChI is InChI=1S/C8H4As2N2/c9-7-5-3-1-2-4-6(5)11-8(10)12-7/h1-4H. The molecule has 0 saturated carbocycles. The molecule has 2 rings (SSSR count). The number of hydrogen-bond donors (Lipinski definition) is 0. The summed E-state index contributed by atoms with van der Waals surface area (Å²) >= 11 is 4.82. The maximum atomic E-state index is 4.29. The van der Waals surface area contributed by atoms with Gasteiger partial charge in [0.15, 0.2) is 0 Å². The molecule has 0 fully saturated rings. The number of fused-ring (bicyclic) bond motifs is 1. The zero-order valence-electron chi connectivity index (χ0n) is 6.10. The topological polar surface area (TPSA) is 25.8 Å². The Morgan fingerprint density at radius 3 is 2.58 bits per heavy atom. The fraction of sp³-hybridized carbons (Fsp3) is 0. The van der Waals surface area contributed by atoms with Crippen LogP contribution in [0.4, 0.5) is 0 Å². The normalized spacial score (nSPS) is 10.5. The maximum absolute atomic E-state index is 4.29. The predicted octanol–water partition coefficient (Wildman–Crippen LogP) is -0.783. The van der Waals surface area contributed by atoms with Gasteiger partial charge < -0.3 is 0 Å². The van der Waals surface area contributed by atoms with Crippen LogP contribution in [0, 0.1) is 0 Å². The van der Waals surface area contributed by atoms with Crippen molar-refractivity contribution in [1.29, 1.82) is 0 Å². The Kier molecular flexibility index (Phi) is 2.21. The van der Waals surface area contributed by atoms with Gasteiger partial charge in [-0.3, -0.25) is 0 Å². The van der Waals surface area contributed by atoms with E-state index >= 15 is 0 Å². The van der Waals surface area contributed by atoms with Crippen molar-refractivity contribution >= 4 is 53.7 Å². The number of para-hydroxylation sites is 1. The quantitative estimate of drug-likeness (QED) is 0.591. The van der Waals surface area contributed by atoms with Gasteiger partial charge in [-0.15, -0.1) is 0 Å². The van der Waals surface area contributed by atoms with Crippen LogP contribution < -0.4 is 9.09 Å². The molecular weight excluding hydrogens is 274 g/mol. The van der Waals surface area contributed by atoms with E-state index in [-0.39, 0.29) is 0 Å². The Bertz CT molecular complexity index is 428. The SMILES string of the molecule is [As]c1nc([As])c2ccccc2n1. The van der Waals surface area contributed by atoms with Crippen molar-refractivity contribution in [2.24, 2.45) is 0 Å². The van der Waals surface area contributed by atoms with E-state index in [0.29, 0.717) is 0 Å². The van der Waals surface area contributed by atoms with E-state index in [1.165, 1.54) is 0 Å². The van der Waals surface area contributed by atoms with Crippen molar-refractivity contribution in [3.8, 4) is 0 Å². The van der Waals surface area contributed by atoms with E-state index in [0.717, 1.165) is 20.0 Å². The summed E-state index contributed by atoms with van der Waals surface area (Å²) in [5, 5.41) is 1.10. The van der Waals surface area contributed by atoms with Crippen LogP contribution >= 0.6 is 0 Å². The van der Waals surface area contributed by atoms with Gasteiger partial charge in [-0.1, -0.05) is 0 Å². The number of aromatic nitrogens is 2. The van der Waals surface area contributed by atoms with E-state index in [2.05, 4.69) is 43.7 Å². The molecule has 0 saturated heterocycles. The van der Waals surface area contributed by atoms with Crippen molar-refractivity contribution in [2.45, 2.75) is 0 Å². The minimum atomic E-state index is 0.761. The molecule has 0 spiro atoms. The number of benzene rings is 1. The van der Waals surface area contributed by atoms with Gasteiger partial charge in [0.1, 0.15) is 0 Å². The molecule has 1 aromatic carbocycles. The molecule has 2 aromatic rings. The summed E-state index contributed by atoms with van der Waals surface area (Å²) in [7, 11) is 0. The molecule has 0 bridgehead atoms. The summed E-state index contributed by atoms with van der Waals surface area (Å²) in [6, 6.07) is 7.99. The third kappa shape index (κ3) is 1.42. The summed E-state index contributed by atoms with van der Waals surface area (Å²) in [4.78, 5) is 8.52. The van der Waals surface area contributed by atoms with Crippen LogP contribution in [0.3, 0.4) is 0 Å². The van der Waals surface area contributed by atoms with E-state index in [4.69, 9.17) is 0 Å². The molecular formula is C8H4As2N2. The van der Waals surface area contributed by atoms with Gasteiger partial charge in [0.2, 0.25) is 0 Å². The van der Waals surface area contributed by atoms with Crippen molar-refractivity contribution in [3.05, 3.63) is 24.3 Å². The first-order chi connectivity index (χ1) is 5.77. The molecule has 0 N–H and O–H groups in total. The Hall–Kier alpha value is -0.323. The average molecular weight is 278 g/mol. The monoisotopic (exact) mass is 278 g/mol. The van der Waals surface area contributed by atoms with Crippen molar-refractivity contribution < 1.29 is 0 Å². The molecule has 1 aromatic heterocycles. The average Bonchev–Trinajstić information content (AvgIpc) is 2.04. The molecule has 4 heteroatoms. The molecule has 12 heavy (non-hydrogen) atoms. The summed E-state index contributed by atoms with van der Waals surface area (Å²) in [5.41, 5.74) is 0.999. The number of hydrogen-bond acceptors (Lipinski definition) is 2. The fourth-order valence-electron chi connectivity index (χ4n) is 1.05. The Balaban J connectivity index is 2.89. The van der Waals surface area contributed by atoms with Crippen LogP contribution in [0.15, 0.2) is 24.3 Å². The first kappa shape index (κ1) is 8.28.